The van der Waals surface area contributed by atoms with Crippen LogP contribution in [0.5, 0.6) is 0 Å². The van der Waals surface area contributed by atoms with Gasteiger partial charge in [-0.3, -0.25) is 4.79 Å². The first-order chi connectivity index (χ1) is 11.2. The van der Waals surface area contributed by atoms with E-state index in [0.29, 0.717) is 17.0 Å². The minimum atomic E-state index is -0.167. The van der Waals surface area contributed by atoms with Gasteiger partial charge in [0, 0.05) is 10.8 Å². The summed E-state index contributed by atoms with van der Waals surface area (Å²) in [4.78, 5) is 17.7. The van der Waals surface area contributed by atoms with Crippen LogP contribution in [0.3, 0.4) is 0 Å². The molecule has 0 bridgehead atoms. The van der Waals surface area contributed by atoms with E-state index in [-0.39, 0.29) is 5.56 Å². The van der Waals surface area contributed by atoms with E-state index in [1.165, 1.54) is 0 Å². The summed E-state index contributed by atoms with van der Waals surface area (Å²) in [6.45, 7) is 2.07. The fraction of sp³-hybridized carbons (Fsp3) is 0.353. The molecule has 2 aromatic heterocycles. The zero-order valence-corrected chi connectivity index (χ0v) is 12.9. The Kier molecular flexibility index (Phi) is 3.17. The van der Waals surface area contributed by atoms with E-state index >= 15 is 0 Å². The number of benzene rings is 1. The van der Waals surface area contributed by atoms with Crippen molar-refractivity contribution in [3.8, 4) is 6.07 Å². The molecule has 116 valence electrons. The maximum Gasteiger partial charge on any atom is 0.257 e. The molecule has 3 aromatic rings. The molecule has 6 nitrogen and oxygen atoms in total. The molecule has 1 fully saturated rings. The predicted molar refractivity (Wildman–Crippen MR) is 88.3 cm³/mol. The summed E-state index contributed by atoms with van der Waals surface area (Å²) in [6, 6.07) is 7.62. The number of piperidine rings is 1. The molecule has 1 aliphatic rings. The number of nitrogens with one attached hydrogen (secondary N) is 1. The lowest BCUT2D eigenvalue weighted by molar-refractivity contribution is 0.215. The predicted octanol–water partition coefficient (Wildman–Crippen LogP) is 2.02. The van der Waals surface area contributed by atoms with Gasteiger partial charge in [-0.25, -0.2) is 4.68 Å². The van der Waals surface area contributed by atoms with Crippen LogP contribution >= 0.6 is 0 Å². The number of pyridine rings is 1. The van der Waals surface area contributed by atoms with Gasteiger partial charge >= 0.3 is 0 Å². The first kappa shape index (κ1) is 14.0. The molecule has 0 unspecified atom stereocenters. The first-order valence-electron chi connectivity index (χ1n) is 7.79. The quantitative estimate of drug-likeness (QED) is 0.746. The summed E-state index contributed by atoms with van der Waals surface area (Å²) < 4.78 is 1.96. The number of aromatic amines is 1. The molecule has 23 heavy (non-hydrogen) atoms. The van der Waals surface area contributed by atoms with Gasteiger partial charge in [0.15, 0.2) is 0 Å². The Bertz CT molecular complexity index is 986. The van der Waals surface area contributed by atoms with Gasteiger partial charge in [-0.15, -0.1) is 0 Å². The highest BCUT2D eigenvalue weighted by molar-refractivity contribution is 6.04. The molecule has 1 N–H and O–H groups in total. The first-order valence-corrected chi connectivity index (χ1v) is 7.79. The lowest BCUT2D eigenvalue weighted by atomic mass is 10.1. The number of aromatic nitrogens is 3. The summed E-state index contributed by atoms with van der Waals surface area (Å²) in [5.41, 5.74) is 1.10. The van der Waals surface area contributed by atoms with Crippen LogP contribution in [0.1, 0.15) is 24.4 Å². The molecule has 1 saturated heterocycles. The zero-order valence-electron chi connectivity index (χ0n) is 12.9. The van der Waals surface area contributed by atoms with Crippen molar-refractivity contribution < 1.29 is 0 Å². The van der Waals surface area contributed by atoms with Crippen molar-refractivity contribution in [1.29, 1.82) is 5.26 Å². The highest BCUT2D eigenvalue weighted by Crippen LogP contribution is 2.27. The molecule has 0 aliphatic carbocycles. The number of H-pyrrole nitrogens is 1. The molecular weight excluding hydrogens is 290 g/mol. The van der Waals surface area contributed by atoms with Crippen LogP contribution in [0.4, 0.5) is 0 Å². The molecular formula is C17H17N5O. The van der Waals surface area contributed by atoms with Gasteiger partial charge in [0.1, 0.15) is 5.65 Å². The highest BCUT2D eigenvalue weighted by Gasteiger charge is 2.21. The van der Waals surface area contributed by atoms with E-state index in [2.05, 4.69) is 28.1 Å². The summed E-state index contributed by atoms with van der Waals surface area (Å²) >= 11 is 0. The molecule has 0 atom stereocenters. The Morgan fingerprint density at radius 3 is 2.78 bits per heavy atom. The molecule has 3 heterocycles. The molecule has 0 radical (unpaired) electrons. The van der Waals surface area contributed by atoms with Crippen molar-refractivity contribution in [3.63, 3.8) is 0 Å². The molecule has 6 heteroatoms. The summed E-state index contributed by atoms with van der Waals surface area (Å²) in [7, 11) is 2.12. The minimum Gasteiger partial charge on any atom is -0.306 e. The standard InChI is InChI=1S/C17H17N5O/c1-21-6-4-12(5-7-21)22-16-15(10-19-22)13-3-2-11(9-18)8-14(13)17(23)20-16/h2-3,8,10,12H,4-7H2,1H3,(H,20,23). The van der Waals surface area contributed by atoms with Gasteiger partial charge in [-0.05, 0) is 50.5 Å². The Labute approximate surface area is 132 Å². The average molecular weight is 307 g/mol. The topological polar surface area (TPSA) is 77.7 Å². The molecule has 0 amide bonds. The maximum absolute atomic E-state index is 12.4. The van der Waals surface area contributed by atoms with Crippen LogP contribution in [0, 0.1) is 11.3 Å². The lowest BCUT2D eigenvalue weighted by Crippen LogP contribution is -2.32. The van der Waals surface area contributed by atoms with Crippen LogP contribution < -0.4 is 5.56 Å². The van der Waals surface area contributed by atoms with Crippen LogP contribution in [0.25, 0.3) is 21.8 Å². The van der Waals surface area contributed by atoms with E-state index in [1.54, 1.807) is 12.1 Å². The monoisotopic (exact) mass is 307 g/mol. The maximum atomic E-state index is 12.4. The van der Waals surface area contributed by atoms with E-state index < -0.39 is 0 Å². The SMILES string of the molecule is CN1CCC(n2ncc3c4ccc(C#N)cc4c(=O)[nH]c32)CC1. The van der Waals surface area contributed by atoms with Gasteiger partial charge < -0.3 is 9.88 Å². The number of fused-ring (bicyclic) bond motifs is 3. The Morgan fingerprint density at radius 2 is 2.04 bits per heavy atom. The lowest BCUT2D eigenvalue weighted by Gasteiger charge is -2.29. The number of hydrogen-bond acceptors (Lipinski definition) is 4. The van der Waals surface area contributed by atoms with Gasteiger partial charge in [0.2, 0.25) is 0 Å². The third-order valence-corrected chi connectivity index (χ3v) is 4.74. The number of rotatable bonds is 1. The Hall–Kier alpha value is -2.65. The van der Waals surface area contributed by atoms with Gasteiger partial charge in [-0.1, -0.05) is 6.07 Å². The van der Waals surface area contributed by atoms with Crippen molar-refractivity contribution >= 4 is 21.8 Å². The fourth-order valence-electron chi connectivity index (χ4n) is 3.41. The minimum absolute atomic E-state index is 0.167. The van der Waals surface area contributed by atoms with Crippen LogP contribution in [0.2, 0.25) is 0 Å². The fourth-order valence-corrected chi connectivity index (χ4v) is 3.41. The number of hydrogen-bond donors (Lipinski definition) is 1. The molecule has 1 aromatic carbocycles. The average Bonchev–Trinajstić information content (AvgIpc) is 2.99. The number of nitriles is 1. The van der Waals surface area contributed by atoms with Crippen molar-refractivity contribution in [2.45, 2.75) is 18.9 Å². The second-order valence-corrected chi connectivity index (χ2v) is 6.21. The van der Waals surface area contributed by atoms with Gasteiger partial charge in [-0.2, -0.15) is 10.4 Å². The third-order valence-electron chi connectivity index (χ3n) is 4.74. The van der Waals surface area contributed by atoms with E-state index in [1.807, 2.05) is 16.9 Å². The molecule has 0 spiro atoms. The van der Waals surface area contributed by atoms with Crippen LogP contribution in [0.15, 0.2) is 29.2 Å². The molecule has 0 saturated carbocycles. The van der Waals surface area contributed by atoms with Crippen molar-refractivity contribution in [1.82, 2.24) is 19.7 Å². The summed E-state index contributed by atoms with van der Waals surface area (Å²) in [5.74, 6) is 0. The van der Waals surface area contributed by atoms with Crippen LogP contribution in [-0.2, 0) is 0 Å². The summed E-state index contributed by atoms with van der Waals surface area (Å²) in [6.07, 6.45) is 3.87. The molecule has 4 rings (SSSR count). The van der Waals surface area contributed by atoms with Gasteiger partial charge in [0.05, 0.1) is 23.9 Å². The third kappa shape index (κ3) is 2.21. The Balaban J connectivity index is 1.90. The number of nitrogens with zero attached hydrogens (tertiary/aromatic N) is 4. The van der Waals surface area contributed by atoms with Crippen LogP contribution in [-0.4, -0.2) is 39.8 Å². The normalized spacial score (nSPS) is 16.9. The van der Waals surface area contributed by atoms with Crippen molar-refractivity contribution in [3.05, 3.63) is 40.3 Å². The highest BCUT2D eigenvalue weighted by atomic mass is 16.1. The number of likely N-dealkylation sites (tertiary alicyclic amines) is 1. The smallest absolute Gasteiger partial charge is 0.257 e. The van der Waals surface area contributed by atoms with E-state index in [0.717, 1.165) is 42.4 Å². The van der Waals surface area contributed by atoms with Gasteiger partial charge in [0.25, 0.3) is 5.56 Å². The second kappa shape index (κ2) is 5.21. The van der Waals surface area contributed by atoms with Crippen molar-refractivity contribution in [2.24, 2.45) is 0 Å². The van der Waals surface area contributed by atoms with E-state index in [9.17, 15) is 4.79 Å². The van der Waals surface area contributed by atoms with Crippen molar-refractivity contribution in [2.75, 3.05) is 20.1 Å². The molecule has 1 aliphatic heterocycles. The second-order valence-electron chi connectivity index (χ2n) is 6.21. The van der Waals surface area contributed by atoms with E-state index in [4.69, 9.17) is 5.26 Å². The zero-order chi connectivity index (χ0) is 16.0. The Morgan fingerprint density at radius 1 is 1.26 bits per heavy atom. The largest absolute Gasteiger partial charge is 0.306 e. The summed E-state index contributed by atoms with van der Waals surface area (Å²) in [5, 5.41) is 15.9.